The van der Waals surface area contributed by atoms with Gasteiger partial charge >= 0.3 is 0 Å². The maximum atomic E-state index is 12.3. The van der Waals surface area contributed by atoms with Gasteiger partial charge in [0.05, 0.1) is 11.8 Å². The topological polar surface area (TPSA) is 106 Å². The van der Waals surface area contributed by atoms with E-state index in [-0.39, 0.29) is 18.4 Å². The maximum absolute atomic E-state index is 12.3. The van der Waals surface area contributed by atoms with Crippen molar-refractivity contribution in [3.05, 3.63) is 22.6 Å². The van der Waals surface area contributed by atoms with Crippen LogP contribution in [-0.4, -0.2) is 38.9 Å². The summed E-state index contributed by atoms with van der Waals surface area (Å²) in [6.45, 7) is 1.40. The van der Waals surface area contributed by atoms with E-state index in [9.17, 15) is 13.2 Å². The molecule has 0 bridgehead atoms. The predicted octanol–water partition coefficient (Wildman–Crippen LogP) is 0.687. The van der Waals surface area contributed by atoms with Crippen LogP contribution in [0.1, 0.15) is 23.2 Å². The Bertz CT molecular complexity index is 586. The first-order chi connectivity index (χ1) is 9.37. The van der Waals surface area contributed by atoms with Crippen LogP contribution in [0.3, 0.4) is 0 Å². The first kappa shape index (κ1) is 15.5. The molecular formula is C11H16BrN3O4S. The number of piperidine rings is 1. The number of hydrogen-bond donors (Lipinski definition) is 2. The molecule has 9 heteroatoms. The van der Waals surface area contributed by atoms with Crippen LogP contribution in [0, 0.1) is 5.92 Å². The van der Waals surface area contributed by atoms with Crippen LogP contribution in [0.25, 0.3) is 0 Å². The van der Waals surface area contributed by atoms with Gasteiger partial charge in [0, 0.05) is 19.6 Å². The van der Waals surface area contributed by atoms with Crippen molar-refractivity contribution in [3.63, 3.8) is 0 Å². The number of nitrogens with one attached hydrogen (secondary N) is 1. The average Bonchev–Trinajstić information content (AvgIpc) is 2.81. The number of nitrogens with zero attached hydrogens (tertiary/aromatic N) is 1. The largest absolute Gasteiger partial charge is 0.457 e. The molecule has 0 saturated carbocycles. The molecule has 1 aromatic rings. The molecule has 1 atom stereocenters. The molecule has 0 radical (unpaired) electrons. The monoisotopic (exact) mass is 365 g/mol. The summed E-state index contributed by atoms with van der Waals surface area (Å²) in [6.07, 6.45) is 3.14. The molecule has 0 aromatic carbocycles. The van der Waals surface area contributed by atoms with Gasteiger partial charge in [-0.1, -0.05) is 0 Å². The Labute approximate surface area is 125 Å². The van der Waals surface area contributed by atoms with E-state index in [2.05, 4.69) is 20.7 Å². The smallest absolute Gasteiger partial charge is 0.274 e. The van der Waals surface area contributed by atoms with Gasteiger partial charge in [-0.2, -0.15) is 8.42 Å². The highest BCUT2D eigenvalue weighted by Crippen LogP contribution is 2.23. The van der Waals surface area contributed by atoms with Crippen LogP contribution in [0.15, 0.2) is 21.4 Å². The Morgan fingerprint density at radius 1 is 1.60 bits per heavy atom. The van der Waals surface area contributed by atoms with Crippen LogP contribution >= 0.6 is 15.9 Å². The van der Waals surface area contributed by atoms with Gasteiger partial charge in [-0.3, -0.25) is 4.79 Å². The van der Waals surface area contributed by atoms with Crippen molar-refractivity contribution >= 4 is 32.0 Å². The summed E-state index contributed by atoms with van der Waals surface area (Å²) >= 11 is 3.18. The number of likely N-dealkylation sites (tertiary alicyclic amines) is 1. The Hall–Kier alpha value is -0.900. The van der Waals surface area contributed by atoms with E-state index in [1.165, 1.54) is 6.26 Å². The Balaban J connectivity index is 1.97. The van der Waals surface area contributed by atoms with Gasteiger partial charge in [-0.15, -0.1) is 0 Å². The van der Waals surface area contributed by atoms with Crippen molar-refractivity contribution in [2.45, 2.75) is 12.8 Å². The maximum Gasteiger partial charge on any atom is 0.274 e. The minimum absolute atomic E-state index is 0.0664. The molecule has 1 aliphatic rings. The highest BCUT2D eigenvalue weighted by molar-refractivity contribution is 9.10. The molecular weight excluding hydrogens is 350 g/mol. The fourth-order valence-electron chi connectivity index (χ4n) is 2.27. The Kier molecular flexibility index (Phi) is 4.84. The number of carbonyl (C=O) groups is 1. The minimum atomic E-state index is -3.69. The van der Waals surface area contributed by atoms with Crippen molar-refractivity contribution in [1.82, 2.24) is 9.62 Å². The molecule has 1 aromatic heterocycles. The van der Waals surface area contributed by atoms with Gasteiger partial charge in [0.2, 0.25) is 0 Å². The van der Waals surface area contributed by atoms with E-state index in [0.29, 0.717) is 23.3 Å². The summed E-state index contributed by atoms with van der Waals surface area (Å²) in [4.78, 5) is 14.0. The molecule has 1 unspecified atom stereocenters. The summed E-state index contributed by atoms with van der Waals surface area (Å²) in [7, 11) is -3.69. The number of rotatable bonds is 4. The van der Waals surface area contributed by atoms with Crippen molar-refractivity contribution < 1.29 is 17.6 Å². The molecule has 3 N–H and O–H groups in total. The van der Waals surface area contributed by atoms with Crippen molar-refractivity contribution in [2.75, 3.05) is 19.6 Å². The summed E-state index contributed by atoms with van der Waals surface area (Å²) in [6, 6.07) is 1.61. The molecule has 0 aliphatic carbocycles. The third-order valence-electron chi connectivity index (χ3n) is 3.23. The fraction of sp³-hybridized carbons (Fsp3) is 0.545. The molecule has 112 valence electrons. The predicted molar refractivity (Wildman–Crippen MR) is 76.1 cm³/mol. The van der Waals surface area contributed by atoms with E-state index in [0.717, 1.165) is 12.8 Å². The second kappa shape index (κ2) is 6.25. The molecule has 1 fully saturated rings. The molecule has 1 aliphatic heterocycles. The third kappa shape index (κ3) is 4.05. The summed E-state index contributed by atoms with van der Waals surface area (Å²) in [5.41, 5.74) is 0.477. The highest BCUT2D eigenvalue weighted by atomic mass is 79.9. The average molecular weight is 366 g/mol. The standard InChI is InChI=1S/C11H16BrN3O4S/c12-10-9(3-5-19-10)11(16)15-4-1-2-8(7-15)6-14-20(13,17)18/h3,5,8,14H,1-2,4,6-7H2,(H2,13,17,18). The van der Waals surface area contributed by atoms with Crippen molar-refractivity contribution in [1.29, 1.82) is 0 Å². The number of hydrogen-bond acceptors (Lipinski definition) is 4. The quantitative estimate of drug-likeness (QED) is 0.818. The Morgan fingerprint density at radius 3 is 2.95 bits per heavy atom. The van der Waals surface area contributed by atoms with E-state index < -0.39 is 10.2 Å². The van der Waals surface area contributed by atoms with Crippen molar-refractivity contribution in [2.24, 2.45) is 11.1 Å². The molecule has 1 amide bonds. The number of nitrogens with two attached hydrogens (primary N) is 1. The summed E-state index contributed by atoms with van der Waals surface area (Å²) in [5.74, 6) is -0.0531. The van der Waals surface area contributed by atoms with Gasteiger partial charge in [0.15, 0.2) is 4.67 Å². The van der Waals surface area contributed by atoms with E-state index in [1.54, 1.807) is 11.0 Å². The normalized spacial score (nSPS) is 20.1. The lowest BCUT2D eigenvalue weighted by Gasteiger charge is -2.32. The van der Waals surface area contributed by atoms with Crippen LogP contribution in [0.2, 0.25) is 0 Å². The highest BCUT2D eigenvalue weighted by Gasteiger charge is 2.26. The fourth-order valence-corrected chi connectivity index (χ4v) is 3.14. The number of amides is 1. The molecule has 7 nitrogen and oxygen atoms in total. The zero-order chi connectivity index (χ0) is 14.8. The van der Waals surface area contributed by atoms with Crippen molar-refractivity contribution in [3.8, 4) is 0 Å². The number of halogens is 1. The molecule has 0 spiro atoms. The zero-order valence-corrected chi connectivity index (χ0v) is 13.1. The second-order valence-corrected chi connectivity index (χ2v) is 6.86. The van der Waals surface area contributed by atoms with E-state index in [1.807, 2.05) is 0 Å². The van der Waals surface area contributed by atoms with Crippen LogP contribution in [0.5, 0.6) is 0 Å². The van der Waals surface area contributed by atoms with E-state index in [4.69, 9.17) is 9.56 Å². The first-order valence-corrected chi connectivity index (χ1v) is 8.50. The lowest BCUT2D eigenvalue weighted by atomic mass is 9.98. The minimum Gasteiger partial charge on any atom is -0.457 e. The SMILES string of the molecule is NS(=O)(=O)NCC1CCCN(C(=O)c2ccoc2Br)C1. The van der Waals surface area contributed by atoms with Crippen LogP contribution < -0.4 is 9.86 Å². The van der Waals surface area contributed by atoms with Crippen LogP contribution in [-0.2, 0) is 10.2 Å². The molecule has 1 saturated heterocycles. The lowest BCUT2D eigenvalue weighted by molar-refractivity contribution is 0.0674. The van der Waals surface area contributed by atoms with E-state index >= 15 is 0 Å². The molecule has 20 heavy (non-hydrogen) atoms. The lowest BCUT2D eigenvalue weighted by Crippen LogP contribution is -2.44. The second-order valence-electron chi connectivity index (χ2n) is 4.76. The van der Waals surface area contributed by atoms with Gasteiger partial charge in [0.1, 0.15) is 0 Å². The molecule has 2 heterocycles. The van der Waals surface area contributed by atoms with Gasteiger partial charge in [-0.25, -0.2) is 9.86 Å². The first-order valence-electron chi connectivity index (χ1n) is 6.16. The van der Waals surface area contributed by atoms with Gasteiger partial charge in [-0.05, 0) is 40.8 Å². The zero-order valence-electron chi connectivity index (χ0n) is 10.7. The summed E-state index contributed by atoms with van der Waals surface area (Å²) < 4.78 is 29.5. The van der Waals surface area contributed by atoms with Gasteiger partial charge in [0.25, 0.3) is 16.1 Å². The number of carbonyl (C=O) groups excluding carboxylic acids is 1. The summed E-state index contributed by atoms with van der Waals surface area (Å²) in [5, 5.41) is 4.91. The third-order valence-corrected chi connectivity index (χ3v) is 4.41. The van der Waals surface area contributed by atoms with Gasteiger partial charge < -0.3 is 9.32 Å². The molecule has 2 rings (SSSR count). The van der Waals surface area contributed by atoms with Crippen LogP contribution in [0.4, 0.5) is 0 Å². The Morgan fingerprint density at radius 2 is 2.35 bits per heavy atom. The number of furan rings is 1.